The van der Waals surface area contributed by atoms with E-state index in [1.807, 2.05) is 0 Å². The van der Waals surface area contributed by atoms with Gasteiger partial charge in [-0.15, -0.1) is 0 Å². The number of nitrogens with one attached hydrogen (secondary N) is 1. The molecule has 5 nitrogen and oxygen atoms in total. The molecule has 0 radical (unpaired) electrons. The van der Waals surface area contributed by atoms with Crippen molar-refractivity contribution in [1.82, 2.24) is 15.1 Å². The van der Waals surface area contributed by atoms with E-state index in [9.17, 15) is 23.1 Å². The molecule has 2 rings (SSSR count). The van der Waals surface area contributed by atoms with Gasteiger partial charge in [0.05, 0.1) is 12.2 Å². The predicted octanol–water partition coefficient (Wildman–Crippen LogP) is 2.69. The lowest BCUT2D eigenvalue weighted by molar-refractivity contribution is -0.137. The fourth-order valence-corrected chi connectivity index (χ4v) is 3.19. The van der Waals surface area contributed by atoms with E-state index in [2.05, 4.69) is 10.2 Å². The Balaban J connectivity index is 1.80. The molecule has 0 saturated carbocycles. The van der Waals surface area contributed by atoms with Crippen molar-refractivity contribution in [1.29, 1.82) is 0 Å². The van der Waals surface area contributed by atoms with E-state index >= 15 is 0 Å². The number of carbonyl (C=O) groups excluding carboxylic acids is 1. The first-order valence-electron chi connectivity index (χ1n) is 8.81. The summed E-state index contributed by atoms with van der Waals surface area (Å²) in [5, 5.41) is 12.2. The number of rotatable bonds is 6. The zero-order valence-electron chi connectivity index (χ0n) is 14.9. The number of benzene rings is 1. The number of aliphatic hydroxyl groups excluding tert-OH is 1. The highest BCUT2D eigenvalue weighted by molar-refractivity contribution is 5.73. The number of hydrogen-bond acceptors (Lipinski definition) is 3. The molecule has 1 atom stereocenters. The molecular formula is C18H26F3N3O2. The lowest BCUT2D eigenvalue weighted by Crippen LogP contribution is -2.47. The molecule has 1 fully saturated rings. The van der Waals surface area contributed by atoms with E-state index in [0.717, 1.165) is 37.9 Å². The highest BCUT2D eigenvalue weighted by atomic mass is 19.4. The van der Waals surface area contributed by atoms with E-state index in [1.165, 1.54) is 11.0 Å². The summed E-state index contributed by atoms with van der Waals surface area (Å²) in [6.07, 6.45) is -1.25. The fourth-order valence-electron chi connectivity index (χ4n) is 3.19. The number of piperidine rings is 1. The van der Waals surface area contributed by atoms with Crippen LogP contribution < -0.4 is 5.32 Å². The van der Waals surface area contributed by atoms with Crippen molar-refractivity contribution >= 4 is 6.03 Å². The number of urea groups is 1. The van der Waals surface area contributed by atoms with Crippen molar-refractivity contribution in [3.63, 3.8) is 0 Å². The van der Waals surface area contributed by atoms with Crippen LogP contribution in [0.1, 0.15) is 30.4 Å². The maximum absolute atomic E-state index is 12.8. The summed E-state index contributed by atoms with van der Waals surface area (Å²) in [5.74, 6) is 0. The summed E-state index contributed by atoms with van der Waals surface area (Å²) in [4.78, 5) is 15.7. The van der Waals surface area contributed by atoms with Crippen LogP contribution >= 0.6 is 0 Å². The van der Waals surface area contributed by atoms with Crippen LogP contribution in [0.3, 0.4) is 0 Å². The molecule has 1 aromatic carbocycles. The Kier molecular flexibility index (Phi) is 7.28. The highest BCUT2D eigenvalue weighted by Crippen LogP contribution is 2.29. The Labute approximate surface area is 151 Å². The van der Waals surface area contributed by atoms with Gasteiger partial charge in [-0.25, -0.2) is 4.79 Å². The molecule has 26 heavy (non-hydrogen) atoms. The number of carbonyl (C=O) groups is 1. The van der Waals surface area contributed by atoms with Crippen LogP contribution in [0.15, 0.2) is 24.3 Å². The average Bonchev–Trinajstić information content (AvgIpc) is 2.61. The highest BCUT2D eigenvalue weighted by Gasteiger charge is 2.30. The van der Waals surface area contributed by atoms with E-state index in [-0.39, 0.29) is 25.2 Å². The van der Waals surface area contributed by atoms with Gasteiger partial charge in [-0.3, -0.25) is 4.90 Å². The van der Waals surface area contributed by atoms with Gasteiger partial charge in [0, 0.05) is 32.7 Å². The summed E-state index contributed by atoms with van der Waals surface area (Å²) >= 11 is 0. The fraction of sp³-hybridized carbons (Fsp3) is 0.611. The summed E-state index contributed by atoms with van der Waals surface area (Å²) in [6.45, 7) is 2.19. The van der Waals surface area contributed by atoms with Crippen LogP contribution in [-0.2, 0) is 12.7 Å². The molecule has 0 spiro atoms. The third-order valence-electron chi connectivity index (χ3n) is 4.66. The predicted molar refractivity (Wildman–Crippen MR) is 92.6 cm³/mol. The molecule has 8 heteroatoms. The molecule has 1 aliphatic rings. The van der Waals surface area contributed by atoms with Gasteiger partial charge in [0.2, 0.25) is 0 Å². The van der Waals surface area contributed by atoms with E-state index in [1.54, 1.807) is 13.1 Å². The second-order valence-corrected chi connectivity index (χ2v) is 6.65. The van der Waals surface area contributed by atoms with Crippen LogP contribution in [0.5, 0.6) is 0 Å². The molecule has 2 N–H and O–H groups in total. The lowest BCUT2D eigenvalue weighted by Gasteiger charge is -2.34. The Morgan fingerprint density at radius 1 is 1.38 bits per heavy atom. The SMILES string of the molecule is CN(Cc1cccc(C(F)(F)F)c1)C(=O)NCCN1CCCC[C@H]1CO. The Hall–Kier alpha value is -1.80. The van der Waals surface area contributed by atoms with Gasteiger partial charge >= 0.3 is 12.2 Å². The number of halogens is 3. The summed E-state index contributed by atoms with van der Waals surface area (Å²) in [7, 11) is 1.55. The number of hydrogen-bond donors (Lipinski definition) is 2. The lowest BCUT2D eigenvalue weighted by atomic mass is 10.0. The monoisotopic (exact) mass is 373 g/mol. The first-order chi connectivity index (χ1) is 12.3. The zero-order valence-corrected chi connectivity index (χ0v) is 14.9. The standard InChI is InChI=1S/C18H26F3N3O2/c1-23(12-14-5-4-6-15(11-14)18(19,20)21)17(26)22-8-10-24-9-3-2-7-16(24)13-25/h4-6,11,16,25H,2-3,7-10,12-13H2,1H3,(H,22,26)/t16-/m0/s1. The van der Waals surface area contributed by atoms with Crippen molar-refractivity contribution in [3.05, 3.63) is 35.4 Å². The zero-order chi connectivity index (χ0) is 19.2. The molecule has 0 aromatic heterocycles. The molecule has 1 aliphatic heterocycles. The van der Waals surface area contributed by atoms with Gasteiger partial charge < -0.3 is 15.3 Å². The van der Waals surface area contributed by atoms with Crippen molar-refractivity contribution in [2.75, 3.05) is 33.3 Å². The van der Waals surface area contributed by atoms with E-state index < -0.39 is 11.7 Å². The third-order valence-corrected chi connectivity index (χ3v) is 4.66. The van der Waals surface area contributed by atoms with Gasteiger partial charge in [-0.1, -0.05) is 18.6 Å². The van der Waals surface area contributed by atoms with Crippen molar-refractivity contribution < 1.29 is 23.1 Å². The number of nitrogens with zero attached hydrogens (tertiary/aromatic N) is 2. The Bertz CT molecular complexity index is 595. The van der Waals surface area contributed by atoms with Gasteiger partial charge in [-0.2, -0.15) is 13.2 Å². The number of likely N-dealkylation sites (tertiary alicyclic amines) is 1. The van der Waals surface area contributed by atoms with Crippen LogP contribution in [0.4, 0.5) is 18.0 Å². The second kappa shape index (κ2) is 9.23. The quantitative estimate of drug-likeness (QED) is 0.806. The summed E-state index contributed by atoms with van der Waals surface area (Å²) in [6, 6.07) is 4.79. The van der Waals surface area contributed by atoms with Crippen LogP contribution in [0, 0.1) is 0 Å². The number of amides is 2. The largest absolute Gasteiger partial charge is 0.416 e. The molecule has 2 amide bonds. The molecule has 0 unspecified atom stereocenters. The molecule has 0 aliphatic carbocycles. The molecule has 1 saturated heterocycles. The van der Waals surface area contributed by atoms with Gasteiger partial charge in [0.15, 0.2) is 0 Å². The van der Waals surface area contributed by atoms with Crippen LogP contribution in [0.2, 0.25) is 0 Å². The second-order valence-electron chi connectivity index (χ2n) is 6.65. The Morgan fingerprint density at radius 2 is 2.15 bits per heavy atom. The molecule has 1 aromatic rings. The number of aliphatic hydroxyl groups is 1. The molecule has 0 bridgehead atoms. The normalized spacial score (nSPS) is 18.6. The minimum absolute atomic E-state index is 0.0960. The topological polar surface area (TPSA) is 55.8 Å². The van der Waals surface area contributed by atoms with Gasteiger partial charge in [0.25, 0.3) is 0 Å². The van der Waals surface area contributed by atoms with Gasteiger partial charge in [0.1, 0.15) is 0 Å². The number of alkyl halides is 3. The summed E-state index contributed by atoms with van der Waals surface area (Å²) < 4.78 is 38.3. The maximum atomic E-state index is 12.8. The first kappa shape index (κ1) is 20.5. The van der Waals surface area contributed by atoms with Crippen LogP contribution in [0.25, 0.3) is 0 Å². The minimum Gasteiger partial charge on any atom is -0.395 e. The third kappa shape index (κ3) is 5.88. The van der Waals surface area contributed by atoms with E-state index in [4.69, 9.17) is 0 Å². The molecule has 1 heterocycles. The first-order valence-corrected chi connectivity index (χ1v) is 8.81. The van der Waals surface area contributed by atoms with E-state index in [0.29, 0.717) is 18.7 Å². The smallest absolute Gasteiger partial charge is 0.395 e. The van der Waals surface area contributed by atoms with Gasteiger partial charge in [-0.05, 0) is 37.1 Å². The van der Waals surface area contributed by atoms with Crippen LogP contribution in [-0.4, -0.2) is 60.3 Å². The van der Waals surface area contributed by atoms with Crippen molar-refractivity contribution in [2.45, 2.75) is 38.0 Å². The van der Waals surface area contributed by atoms with Crippen molar-refractivity contribution in [3.8, 4) is 0 Å². The minimum atomic E-state index is -4.39. The Morgan fingerprint density at radius 3 is 2.85 bits per heavy atom. The molecular weight excluding hydrogens is 347 g/mol. The average molecular weight is 373 g/mol. The molecule has 146 valence electrons. The maximum Gasteiger partial charge on any atom is 0.416 e. The van der Waals surface area contributed by atoms with Crippen molar-refractivity contribution in [2.24, 2.45) is 0 Å². The summed E-state index contributed by atoms with van der Waals surface area (Å²) in [5.41, 5.74) is -0.294.